The molecule has 2 heterocycles. The first kappa shape index (κ1) is 21.0. The quantitative estimate of drug-likeness (QED) is 0.559. The van der Waals surface area contributed by atoms with Crippen molar-refractivity contribution in [3.63, 3.8) is 0 Å². The molecule has 0 spiro atoms. The average Bonchev–Trinajstić information content (AvgIpc) is 2.74. The number of aromatic carboxylic acids is 1. The van der Waals surface area contributed by atoms with Gasteiger partial charge in [-0.1, -0.05) is 19.1 Å². The van der Waals surface area contributed by atoms with Gasteiger partial charge in [0, 0.05) is 41.3 Å². The number of benzene rings is 1. The van der Waals surface area contributed by atoms with Gasteiger partial charge in [0.25, 0.3) is 11.5 Å². The Hall–Kier alpha value is -3.74. The second kappa shape index (κ2) is 9.17. The number of hydrogen-bond donors (Lipinski definition) is 3. The molecule has 154 valence electrons. The summed E-state index contributed by atoms with van der Waals surface area (Å²) in [6, 6.07) is 10.2. The summed E-state index contributed by atoms with van der Waals surface area (Å²) in [4.78, 5) is 42.4. The maximum absolute atomic E-state index is 12.5. The van der Waals surface area contributed by atoms with E-state index in [1.807, 2.05) is 19.9 Å². The van der Waals surface area contributed by atoms with Gasteiger partial charge in [0.15, 0.2) is 0 Å². The van der Waals surface area contributed by atoms with Crippen molar-refractivity contribution < 1.29 is 14.7 Å². The highest BCUT2D eigenvalue weighted by atomic mass is 16.4. The number of hydrogen-bond acceptors (Lipinski definition) is 4. The number of carboxylic acids is 1. The molecule has 0 radical (unpaired) electrons. The van der Waals surface area contributed by atoms with Crippen molar-refractivity contribution in [2.45, 2.75) is 26.7 Å². The number of amides is 1. The molecule has 1 amide bonds. The summed E-state index contributed by atoms with van der Waals surface area (Å²) in [7, 11) is 0. The second-order valence-electron chi connectivity index (χ2n) is 6.99. The van der Waals surface area contributed by atoms with E-state index in [1.54, 1.807) is 36.5 Å². The SMILES string of the molecule is CCc1cc(-c2cncc(C(=O)NCCc3ccc(C(=O)O)cc3)c2)c(C)[nH]c1=O. The van der Waals surface area contributed by atoms with E-state index in [9.17, 15) is 14.4 Å². The molecule has 0 saturated heterocycles. The molecule has 3 aromatic rings. The smallest absolute Gasteiger partial charge is 0.335 e. The molecule has 0 bridgehead atoms. The summed E-state index contributed by atoms with van der Waals surface area (Å²) in [5, 5.41) is 11.8. The number of nitrogens with one attached hydrogen (secondary N) is 2. The van der Waals surface area contributed by atoms with Crippen LogP contribution in [0.1, 0.15) is 44.5 Å². The molecular formula is C23H23N3O4. The van der Waals surface area contributed by atoms with Gasteiger partial charge in [-0.15, -0.1) is 0 Å². The molecule has 0 fully saturated rings. The van der Waals surface area contributed by atoms with Crippen LogP contribution in [0.3, 0.4) is 0 Å². The number of aromatic amines is 1. The van der Waals surface area contributed by atoms with E-state index in [0.717, 1.165) is 22.4 Å². The number of aromatic nitrogens is 2. The van der Waals surface area contributed by atoms with E-state index in [2.05, 4.69) is 15.3 Å². The van der Waals surface area contributed by atoms with Gasteiger partial charge in [-0.2, -0.15) is 0 Å². The number of rotatable bonds is 7. The zero-order valence-electron chi connectivity index (χ0n) is 16.9. The molecule has 3 N–H and O–H groups in total. The second-order valence-corrected chi connectivity index (χ2v) is 6.99. The fourth-order valence-corrected chi connectivity index (χ4v) is 3.18. The summed E-state index contributed by atoms with van der Waals surface area (Å²) in [6.07, 6.45) is 4.37. The van der Waals surface area contributed by atoms with Gasteiger partial charge < -0.3 is 15.4 Å². The molecule has 7 nitrogen and oxygen atoms in total. The molecule has 1 aromatic carbocycles. The van der Waals surface area contributed by atoms with Gasteiger partial charge in [0.05, 0.1) is 11.1 Å². The van der Waals surface area contributed by atoms with Gasteiger partial charge in [0.2, 0.25) is 0 Å². The molecule has 0 aliphatic heterocycles. The molecule has 0 unspecified atom stereocenters. The molecule has 3 rings (SSSR count). The molecule has 0 aliphatic carbocycles. The van der Waals surface area contributed by atoms with E-state index in [4.69, 9.17) is 5.11 Å². The number of aryl methyl sites for hydroxylation is 2. The lowest BCUT2D eigenvalue weighted by atomic mass is 10.0. The molecular weight excluding hydrogens is 382 g/mol. The number of carbonyl (C=O) groups excluding carboxylic acids is 1. The van der Waals surface area contributed by atoms with Crippen molar-refractivity contribution in [2.24, 2.45) is 0 Å². The van der Waals surface area contributed by atoms with E-state index in [-0.39, 0.29) is 17.0 Å². The Morgan fingerprint density at radius 3 is 2.50 bits per heavy atom. The first-order valence-electron chi connectivity index (χ1n) is 9.67. The van der Waals surface area contributed by atoms with Crippen LogP contribution in [-0.4, -0.2) is 33.5 Å². The lowest BCUT2D eigenvalue weighted by molar-refractivity contribution is 0.0696. The lowest BCUT2D eigenvalue weighted by Crippen LogP contribution is -2.25. The minimum absolute atomic E-state index is 0.100. The third kappa shape index (κ3) is 4.81. The van der Waals surface area contributed by atoms with Crippen LogP contribution < -0.4 is 10.9 Å². The zero-order valence-corrected chi connectivity index (χ0v) is 16.9. The average molecular weight is 405 g/mol. The van der Waals surface area contributed by atoms with Gasteiger partial charge in [-0.25, -0.2) is 4.79 Å². The first-order chi connectivity index (χ1) is 14.4. The molecule has 0 saturated carbocycles. The Labute approximate surface area is 173 Å². The van der Waals surface area contributed by atoms with Crippen LogP contribution in [0, 0.1) is 6.92 Å². The summed E-state index contributed by atoms with van der Waals surface area (Å²) >= 11 is 0. The molecule has 0 aliphatic rings. The van der Waals surface area contributed by atoms with Gasteiger partial charge in [0.1, 0.15) is 0 Å². The number of nitrogens with zero attached hydrogens (tertiary/aromatic N) is 1. The van der Waals surface area contributed by atoms with Gasteiger partial charge >= 0.3 is 5.97 Å². The molecule has 0 atom stereocenters. The number of pyridine rings is 2. The van der Waals surface area contributed by atoms with Crippen molar-refractivity contribution in [3.8, 4) is 11.1 Å². The van der Waals surface area contributed by atoms with Crippen molar-refractivity contribution in [1.29, 1.82) is 0 Å². The van der Waals surface area contributed by atoms with Crippen LogP contribution in [0.5, 0.6) is 0 Å². The monoisotopic (exact) mass is 405 g/mol. The maximum Gasteiger partial charge on any atom is 0.335 e. The Morgan fingerprint density at radius 1 is 1.10 bits per heavy atom. The van der Waals surface area contributed by atoms with E-state index < -0.39 is 5.97 Å². The fourth-order valence-electron chi connectivity index (χ4n) is 3.18. The topological polar surface area (TPSA) is 112 Å². The summed E-state index contributed by atoms with van der Waals surface area (Å²) in [5.41, 5.74) is 4.50. The van der Waals surface area contributed by atoms with E-state index in [1.165, 1.54) is 6.20 Å². The summed E-state index contributed by atoms with van der Waals surface area (Å²) in [5.74, 6) is -1.21. The standard InChI is InChI=1S/C23H23N3O4/c1-3-16-11-20(14(2)26-22(16)28)18-10-19(13-24-12-18)21(27)25-9-8-15-4-6-17(7-5-15)23(29)30/h4-7,10-13H,3,8-9H2,1-2H3,(H,25,27)(H,26,28)(H,29,30). The number of carbonyl (C=O) groups is 2. The fraction of sp³-hybridized carbons (Fsp3) is 0.217. The van der Waals surface area contributed by atoms with Crippen LogP contribution >= 0.6 is 0 Å². The van der Waals surface area contributed by atoms with Gasteiger partial charge in [-0.05, 0) is 49.6 Å². The predicted molar refractivity (Wildman–Crippen MR) is 114 cm³/mol. The van der Waals surface area contributed by atoms with E-state index >= 15 is 0 Å². The lowest BCUT2D eigenvalue weighted by Gasteiger charge is -2.10. The summed E-state index contributed by atoms with van der Waals surface area (Å²) < 4.78 is 0. The first-order valence-corrected chi connectivity index (χ1v) is 9.67. The van der Waals surface area contributed by atoms with Crippen LogP contribution in [0.2, 0.25) is 0 Å². The zero-order chi connectivity index (χ0) is 21.7. The van der Waals surface area contributed by atoms with Crippen LogP contribution in [0.15, 0.2) is 53.6 Å². The van der Waals surface area contributed by atoms with Crippen molar-refractivity contribution in [2.75, 3.05) is 6.54 Å². The van der Waals surface area contributed by atoms with Crippen molar-refractivity contribution in [3.05, 3.63) is 87.1 Å². The summed E-state index contributed by atoms with van der Waals surface area (Å²) in [6.45, 7) is 4.15. The Morgan fingerprint density at radius 2 is 1.83 bits per heavy atom. The minimum Gasteiger partial charge on any atom is -0.478 e. The molecule has 30 heavy (non-hydrogen) atoms. The molecule has 7 heteroatoms. The third-order valence-corrected chi connectivity index (χ3v) is 4.91. The minimum atomic E-state index is -0.967. The Bertz CT molecular complexity index is 1130. The van der Waals surface area contributed by atoms with Crippen molar-refractivity contribution >= 4 is 11.9 Å². The predicted octanol–water partition coefficient (Wildman–Crippen LogP) is 2.98. The number of H-pyrrole nitrogens is 1. The Balaban J connectivity index is 1.69. The van der Waals surface area contributed by atoms with Crippen molar-refractivity contribution in [1.82, 2.24) is 15.3 Å². The largest absolute Gasteiger partial charge is 0.478 e. The van der Waals surface area contributed by atoms with Crippen LogP contribution in [0.25, 0.3) is 11.1 Å². The highest BCUT2D eigenvalue weighted by Crippen LogP contribution is 2.22. The van der Waals surface area contributed by atoms with E-state index in [0.29, 0.717) is 30.5 Å². The maximum atomic E-state index is 12.5. The third-order valence-electron chi connectivity index (χ3n) is 4.91. The van der Waals surface area contributed by atoms with Crippen LogP contribution in [0.4, 0.5) is 0 Å². The Kier molecular flexibility index (Phi) is 6.41. The molecule has 2 aromatic heterocycles. The normalized spacial score (nSPS) is 10.6. The number of carboxylic acid groups (broad SMARTS) is 1. The highest BCUT2D eigenvalue weighted by Gasteiger charge is 2.11. The van der Waals surface area contributed by atoms with Gasteiger partial charge in [-0.3, -0.25) is 14.6 Å². The van der Waals surface area contributed by atoms with Crippen LogP contribution in [-0.2, 0) is 12.8 Å². The highest BCUT2D eigenvalue weighted by molar-refractivity contribution is 5.95.